The third-order valence-corrected chi connectivity index (χ3v) is 7.56. The minimum atomic E-state index is -2.26. The van der Waals surface area contributed by atoms with Crippen LogP contribution in [-0.4, -0.2) is 32.5 Å². The number of nitrogens with one attached hydrogen (secondary N) is 1. The van der Waals surface area contributed by atoms with Crippen LogP contribution in [0.25, 0.3) is 10.8 Å². The summed E-state index contributed by atoms with van der Waals surface area (Å²) in [5.41, 5.74) is 4.14. The van der Waals surface area contributed by atoms with E-state index in [9.17, 15) is 8.42 Å². The molecule has 6 heteroatoms. The normalized spacial score (nSPS) is 17.3. The second kappa shape index (κ2) is 12.3. The average molecular weight is 520 g/mol. The van der Waals surface area contributed by atoms with Gasteiger partial charge in [0.2, 0.25) is 10.3 Å². The molecule has 0 spiro atoms. The Morgan fingerprint density at radius 3 is 2.28 bits per heavy atom. The van der Waals surface area contributed by atoms with Gasteiger partial charge in [-0.2, -0.15) is 8.42 Å². The molecular weight excluding hydrogens is 490 g/mol. The Morgan fingerprint density at radius 1 is 0.833 bits per heavy atom. The maximum atomic E-state index is 11.9. The van der Waals surface area contributed by atoms with Crippen LogP contribution in [0.3, 0.4) is 0 Å². The van der Waals surface area contributed by atoms with Crippen LogP contribution in [-0.2, 0) is 28.1 Å². The first kappa shape index (κ1) is 26.1. The molecule has 1 heterocycles. The Morgan fingerprint density at radius 2 is 1.53 bits per heavy atom. The van der Waals surface area contributed by atoms with E-state index in [1.165, 1.54) is 21.9 Å². The maximum absolute atomic E-state index is 11.9. The first-order chi connectivity index (χ1) is 17.2. The van der Waals surface area contributed by atoms with E-state index in [0.29, 0.717) is 23.8 Å². The largest absolute Gasteiger partial charge is 0.372 e. The molecule has 1 aliphatic rings. The molecule has 36 heavy (non-hydrogen) atoms. The van der Waals surface area contributed by atoms with Crippen LogP contribution in [0.15, 0.2) is 97.1 Å². The van der Waals surface area contributed by atoms with E-state index in [1.54, 1.807) is 0 Å². The summed E-state index contributed by atoms with van der Waals surface area (Å²) >= 11 is 0. The maximum Gasteiger partial charge on any atom is 0.218 e. The van der Waals surface area contributed by atoms with Crippen molar-refractivity contribution in [3.63, 3.8) is 0 Å². The minimum absolute atomic E-state index is 0. The van der Waals surface area contributed by atoms with Crippen LogP contribution < -0.4 is 5.32 Å². The molecule has 1 saturated heterocycles. The lowest BCUT2D eigenvalue weighted by atomic mass is 9.87. The Balaban J connectivity index is 0.00000304. The molecule has 2 atom stereocenters. The first-order valence-electron chi connectivity index (χ1n) is 12.1. The predicted molar refractivity (Wildman–Crippen MR) is 150 cm³/mol. The van der Waals surface area contributed by atoms with E-state index in [-0.39, 0.29) is 18.5 Å². The van der Waals surface area contributed by atoms with E-state index in [1.807, 2.05) is 42.5 Å². The van der Waals surface area contributed by atoms with Gasteiger partial charge in [0.25, 0.3) is 0 Å². The number of hydrogen-bond donors (Lipinski definition) is 1. The standard InChI is InChI=1S/C30H29NO3S.ClH/c32-35(33)30(26-7-2-1-3-8-26)19-22-10-14-25(15-11-22)28-16-17-31-20-29(28)34-21-23-12-13-24-6-4-5-9-27(24)18-23;/h1-15,18,28-29,31H,16-17,19-21H2;1H. The lowest BCUT2D eigenvalue weighted by molar-refractivity contribution is 0.0106. The summed E-state index contributed by atoms with van der Waals surface area (Å²) in [4.78, 5) is 0.414. The van der Waals surface area contributed by atoms with Crippen LogP contribution in [0.2, 0.25) is 0 Å². The molecule has 1 N–H and O–H groups in total. The highest BCUT2D eigenvalue weighted by atomic mass is 35.5. The SMILES string of the molecule is Cl.O=S(=O)=C(Cc1ccc(C2CCNCC2OCc2ccc3ccccc3c2)cc1)c1ccccc1. The minimum Gasteiger partial charge on any atom is -0.372 e. The fourth-order valence-electron chi connectivity index (χ4n) is 4.87. The second-order valence-corrected chi connectivity index (χ2v) is 10.0. The third kappa shape index (κ3) is 6.23. The van der Waals surface area contributed by atoms with Gasteiger partial charge in [-0.3, -0.25) is 0 Å². The van der Waals surface area contributed by atoms with Gasteiger partial charge in [-0.15, -0.1) is 12.4 Å². The summed E-state index contributed by atoms with van der Waals surface area (Å²) in [6.07, 6.45) is 1.48. The Hall–Kier alpha value is -2.96. The van der Waals surface area contributed by atoms with E-state index >= 15 is 0 Å². The van der Waals surface area contributed by atoms with Crippen LogP contribution in [0.1, 0.15) is 34.6 Å². The van der Waals surface area contributed by atoms with Crippen LogP contribution >= 0.6 is 12.4 Å². The van der Waals surface area contributed by atoms with Crippen LogP contribution in [0.4, 0.5) is 0 Å². The van der Waals surface area contributed by atoms with Gasteiger partial charge in [0.15, 0.2) is 0 Å². The highest BCUT2D eigenvalue weighted by Crippen LogP contribution is 2.29. The predicted octanol–water partition coefficient (Wildman–Crippen LogP) is 5.57. The second-order valence-electron chi connectivity index (χ2n) is 9.07. The summed E-state index contributed by atoms with van der Waals surface area (Å²) in [6.45, 7) is 2.36. The van der Waals surface area contributed by atoms with Gasteiger partial charge in [0.1, 0.15) is 0 Å². The van der Waals surface area contributed by atoms with Crippen molar-refractivity contribution >= 4 is 38.3 Å². The van der Waals surface area contributed by atoms with Gasteiger partial charge in [-0.05, 0) is 52.1 Å². The Labute approximate surface area is 220 Å². The van der Waals surface area contributed by atoms with Crippen molar-refractivity contribution in [3.05, 3.63) is 119 Å². The average Bonchev–Trinajstić information content (AvgIpc) is 2.91. The zero-order valence-electron chi connectivity index (χ0n) is 20.0. The van der Waals surface area contributed by atoms with E-state index < -0.39 is 10.3 Å². The summed E-state index contributed by atoms with van der Waals surface area (Å²) in [5, 5.41) is 5.94. The molecule has 2 unspecified atom stereocenters. The number of fused-ring (bicyclic) bond motifs is 1. The molecule has 0 aromatic heterocycles. The lowest BCUT2D eigenvalue weighted by Crippen LogP contribution is -2.40. The van der Waals surface area contributed by atoms with Gasteiger partial charge in [0, 0.05) is 18.9 Å². The van der Waals surface area contributed by atoms with E-state index in [4.69, 9.17) is 4.74 Å². The van der Waals surface area contributed by atoms with Crippen molar-refractivity contribution in [2.45, 2.75) is 31.5 Å². The van der Waals surface area contributed by atoms with Crippen molar-refractivity contribution in [2.24, 2.45) is 0 Å². The lowest BCUT2D eigenvalue weighted by Gasteiger charge is -2.32. The molecule has 186 valence electrons. The monoisotopic (exact) mass is 519 g/mol. The van der Waals surface area contributed by atoms with Gasteiger partial charge in [-0.25, -0.2) is 0 Å². The fourth-order valence-corrected chi connectivity index (χ4v) is 5.48. The van der Waals surface area contributed by atoms with Gasteiger partial charge < -0.3 is 10.1 Å². The van der Waals surface area contributed by atoms with Crippen molar-refractivity contribution in [2.75, 3.05) is 13.1 Å². The topological polar surface area (TPSA) is 55.4 Å². The van der Waals surface area contributed by atoms with Crippen LogP contribution in [0.5, 0.6) is 0 Å². The molecule has 4 nitrogen and oxygen atoms in total. The number of rotatable bonds is 7. The molecule has 0 bridgehead atoms. The number of benzene rings is 4. The summed E-state index contributed by atoms with van der Waals surface area (Å²) in [5.74, 6) is 0.303. The molecule has 0 radical (unpaired) electrons. The zero-order chi connectivity index (χ0) is 24.0. The molecule has 4 aromatic rings. The van der Waals surface area contributed by atoms with Crippen molar-refractivity contribution < 1.29 is 13.2 Å². The number of ether oxygens (including phenoxy) is 1. The van der Waals surface area contributed by atoms with Gasteiger partial charge in [-0.1, -0.05) is 91.0 Å². The number of piperidine rings is 1. The molecule has 4 aromatic carbocycles. The van der Waals surface area contributed by atoms with E-state index in [0.717, 1.165) is 30.6 Å². The molecular formula is C30H30ClNO3S. The molecule has 0 aliphatic carbocycles. The Kier molecular flexibility index (Phi) is 8.94. The molecule has 0 amide bonds. The molecule has 1 fully saturated rings. The zero-order valence-corrected chi connectivity index (χ0v) is 21.6. The van der Waals surface area contributed by atoms with E-state index in [2.05, 4.69) is 59.9 Å². The van der Waals surface area contributed by atoms with Crippen molar-refractivity contribution in [3.8, 4) is 0 Å². The smallest absolute Gasteiger partial charge is 0.218 e. The number of halogens is 1. The Bertz CT molecular complexity index is 1430. The van der Waals surface area contributed by atoms with Gasteiger partial charge >= 0.3 is 0 Å². The number of hydrogen-bond acceptors (Lipinski definition) is 4. The van der Waals surface area contributed by atoms with Gasteiger partial charge in [0.05, 0.1) is 17.6 Å². The third-order valence-electron chi connectivity index (χ3n) is 6.77. The van der Waals surface area contributed by atoms with Crippen LogP contribution in [0, 0.1) is 0 Å². The summed E-state index contributed by atoms with van der Waals surface area (Å²) in [6, 6.07) is 32.5. The fraction of sp³-hybridized carbons (Fsp3) is 0.233. The highest BCUT2D eigenvalue weighted by Gasteiger charge is 2.27. The quantitative estimate of drug-likeness (QED) is 0.256. The van der Waals surface area contributed by atoms with Crippen molar-refractivity contribution in [1.82, 2.24) is 5.32 Å². The van der Waals surface area contributed by atoms with Crippen molar-refractivity contribution in [1.29, 1.82) is 0 Å². The summed E-state index contributed by atoms with van der Waals surface area (Å²) < 4.78 is 30.1. The first-order valence-corrected chi connectivity index (χ1v) is 13.1. The molecule has 0 saturated carbocycles. The highest BCUT2D eigenvalue weighted by molar-refractivity contribution is 7.73. The molecule has 5 rings (SSSR count). The summed E-state index contributed by atoms with van der Waals surface area (Å²) in [7, 11) is -2.26. The molecule has 1 aliphatic heterocycles.